The number of ether oxygens (including phenoxy) is 1. The SMILES string of the molecule is CCOc1ccc2nc(NC(=O)c3cccc(-c4nnnn4C)c3)sc2c1. The number of nitrogens with zero attached hydrogens (tertiary/aromatic N) is 5. The van der Waals surface area contributed by atoms with Crippen LogP contribution in [0.1, 0.15) is 17.3 Å². The summed E-state index contributed by atoms with van der Waals surface area (Å²) in [5, 5.41) is 14.8. The molecule has 136 valence electrons. The van der Waals surface area contributed by atoms with Crippen molar-refractivity contribution in [2.75, 3.05) is 11.9 Å². The first kappa shape index (κ1) is 17.1. The second kappa shape index (κ2) is 7.12. The van der Waals surface area contributed by atoms with Crippen molar-refractivity contribution in [1.82, 2.24) is 25.2 Å². The lowest BCUT2D eigenvalue weighted by Gasteiger charge is -2.04. The topological polar surface area (TPSA) is 94.8 Å². The van der Waals surface area contributed by atoms with E-state index in [4.69, 9.17) is 4.74 Å². The number of hydrogen-bond donors (Lipinski definition) is 1. The Labute approximate surface area is 158 Å². The van der Waals surface area contributed by atoms with Crippen LogP contribution in [0.4, 0.5) is 5.13 Å². The Kier molecular flexibility index (Phi) is 4.51. The van der Waals surface area contributed by atoms with Gasteiger partial charge in [-0.15, -0.1) is 5.10 Å². The van der Waals surface area contributed by atoms with E-state index in [9.17, 15) is 4.79 Å². The molecule has 0 bridgehead atoms. The largest absolute Gasteiger partial charge is 0.494 e. The molecule has 0 radical (unpaired) electrons. The molecule has 8 nitrogen and oxygen atoms in total. The van der Waals surface area contributed by atoms with Gasteiger partial charge in [-0.25, -0.2) is 9.67 Å². The van der Waals surface area contributed by atoms with Crippen LogP contribution in [0, 0.1) is 0 Å². The van der Waals surface area contributed by atoms with Crippen molar-refractivity contribution in [2.45, 2.75) is 6.92 Å². The summed E-state index contributed by atoms with van der Waals surface area (Å²) in [5.74, 6) is 1.14. The van der Waals surface area contributed by atoms with Gasteiger partial charge in [0.2, 0.25) is 0 Å². The number of hydrogen-bond acceptors (Lipinski definition) is 7. The fourth-order valence-corrected chi connectivity index (χ4v) is 3.55. The van der Waals surface area contributed by atoms with E-state index in [2.05, 4.69) is 25.8 Å². The van der Waals surface area contributed by atoms with Gasteiger partial charge in [-0.05, 0) is 47.7 Å². The van der Waals surface area contributed by atoms with E-state index < -0.39 is 0 Å². The lowest BCUT2D eigenvalue weighted by molar-refractivity contribution is 0.102. The molecule has 0 saturated heterocycles. The van der Waals surface area contributed by atoms with Crippen LogP contribution in [-0.4, -0.2) is 37.7 Å². The minimum atomic E-state index is -0.240. The molecule has 0 fully saturated rings. The van der Waals surface area contributed by atoms with E-state index in [1.165, 1.54) is 11.3 Å². The third kappa shape index (κ3) is 3.49. The molecule has 0 saturated carbocycles. The van der Waals surface area contributed by atoms with E-state index in [0.717, 1.165) is 21.5 Å². The van der Waals surface area contributed by atoms with Crippen LogP contribution in [0.5, 0.6) is 5.75 Å². The maximum absolute atomic E-state index is 12.6. The maximum Gasteiger partial charge on any atom is 0.257 e. The third-order valence-corrected chi connectivity index (χ3v) is 4.83. The Bertz CT molecular complexity index is 1120. The molecule has 0 atom stereocenters. The fourth-order valence-electron chi connectivity index (χ4n) is 2.66. The third-order valence-electron chi connectivity index (χ3n) is 3.89. The molecule has 2 heterocycles. The number of carbonyl (C=O) groups excluding carboxylic acids is 1. The van der Waals surface area contributed by atoms with Crippen LogP contribution < -0.4 is 10.1 Å². The Balaban J connectivity index is 1.57. The van der Waals surface area contributed by atoms with Crippen molar-refractivity contribution in [3.63, 3.8) is 0 Å². The molecular weight excluding hydrogens is 364 g/mol. The first-order valence-corrected chi connectivity index (χ1v) is 9.13. The van der Waals surface area contributed by atoms with Crippen LogP contribution in [-0.2, 0) is 7.05 Å². The molecular formula is C18H16N6O2S. The smallest absolute Gasteiger partial charge is 0.257 e. The van der Waals surface area contributed by atoms with Crippen LogP contribution in [0.2, 0.25) is 0 Å². The fraction of sp³-hybridized carbons (Fsp3) is 0.167. The number of rotatable bonds is 5. The Morgan fingerprint density at radius 3 is 2.93 bits per heavy atom. The number of nitrogens with one attached hydrogen (secondary N) is 1. The number of thiazole rings is 1. The lowest BCUT2D eigenvalue weighted by atomic mass is 10.1. The number of tetrazole rings is 1. The van der Waals surface area contributed by atoms with Crippen LogP contribution in [0.25, 0.3) is 21.6 Å². The molecule has 0 unspecified atom stereocenters. The van der Waals surface area contributed by atoms with Gasteiger partial charge in [-0.2, -0.15) is 0 Å². The van der Waals surface area contributed by atoms with Crippen LogP contribution in [0.15, 0.2) is 42.5 Å². The van der Waals surface area contributed by atoms with Gasteiger partial charge >= 0.3 is 0 Å². The van der Waals surface area contributed by atoms with Gasteiger partial charge in [0.15, 0.2) is 11.0 Å². The Morgan fingerprint density at radius 1 is 1.26 bits per heavy atom. The lowest BCUT2D eigenvalue weighted by Crippen LogP contribution is -2.11. The van der Waals surface area contributed by atoms with Gasteiger partial charge in [-0.1, -0.05) is 23.5 Å². The summed E-state index contributed by atoms with van der Waals surface area (Å²) in [6.45, 7) is 2.54. The van der Waals surface area contributed by atoms with Gasteiger partial charge in [0, 0.05) is 18.2 Å². The van der Waals surface area contributed by atoms with E-state index in [-0.39, 0.29) is 5.91 Å². The molecule has 2 aromatic carbocycles. The molecule has 0 aliphatic heterocycles. The average molecular weight is 380 g/mol. The second-order valence-corrected chi connectivity index (χ2v) is 6.77. The number of aromatic nitrogens is 5. The summed E-state index contributed by atoms with van der Waals surface area (Å²) in [4.78, 5) is 17.1. The zero-order chi connectivity index (χ0) is 18.8. The van der Waals surface area contributed by atoms with Gasteiger partial charge in [-0.3, -0.25) is 10.1 Å². The number of fused-ring (bicyclic) bond motifs is 1. The minimum absolute atomic E-state index is 0.240. The van der Waals surface area contributed by atoms with Gasteiger partial charge in [0.25, 0.3) is 5.91 Å². The quantitative estimate of drug-likeness (QED) is 0.571. The molecule has 2 aromatic heterocycles. The van der Waals surface area contributed by atoms with Gasteiger partial charge in [0.1, 0.15) is 5.75 Å². The number of benzene rings is 2. The highest BCUT2D eigenvalue weighted by Gasteiger charge is 2.13. The summed E-state index contributed by atoms with van der Waals surface area (Å²) >= 11 is 1.41. The van der Waals surface area contributed by atoms with E-state index >= 15 is 0 Å². The van der Waals surface area contributed by atoms with Crippen molar-refractivity contribution >= 4 is 32.6 Å². The summed E-state index contributed by atoms with van der Waals surface area (Å²) in [6.07, 6.45) is 0. The number of aryl methyl sites for hydroxylation is 1. The molecule has 0 aliphatic rings. The van der Waals surface area contributed by atoms with Gasteiger partial charge < -0.3 is 4.74 Å². The standard InChI is InChI=1S/C18H16N6O2S/c1-3-26-13-7-8-14-15(10-13)27-18(19-14)20-17(25)12-6-4-5-11(9-12)16-21-22-23-24(16)2/h4-10H,3H2,1-2H3,(H,19,20,25). The molecule has 0 spiro atoms. The van der Waals surface area contributed by atoms with Gasteiger partial charge in [0.05, 0.1) is 16.8 Å². The predicted octanol–water partition coefficient (Wildman–Crippen LogP) is 3.14. The molecule has 4 aromatic rings. The van der Waals surface area contributed by atoms with Crippen molar-refractivity contribution in [3.8, 4) is 17.1 Å². The number of carbonyl (C=O) groups is 1. The molecule has 1 amide bonds. The summed E-state index contributed by atoms with van der Waals surface area (Å²) in [5.41, 5.74) is 2.09. The highest BCUT2D eigenvalue weighted by Crippen LogP contribution is 2.29. The summed E-state index contributed by atoms with van der Waals surface area (Å²) in [6, 6.07) is 12.8. The molecule has 0 aliphatic carbocycles. The van der Waals surface area contributed by atoms with Crippen LogP contribution in [0.3, 0.4) is 0 Å². The zero-order valence-electron chi connectivity index (χ0n) is 14.7. The summed E-state index contributed by atoms with van der Waals surface area (Å²) in [7, 11) is 1.75. The molecule has 4 rings (SSSR count). The number of anilines is 1. The highest BCUT2D eigenvalue weighted by molar-refractivity contribution is 7.22. The molecule has 1 N–H and O–H groups in total. The average Bonchev–Trinajstić information content (AvgIpc) is 3.27. The van der Waals surface area contributed by atoms with E-state index in [0.29, 0.717) is 23.1 Å². The Morgan fingerprint density at radius 2 is 2.15 bits per heavy atom. The first-order chi connectivity index (χ1) is 13.1. The monoisotopic (exact) mass is 380 g/mol. The van der Waals surface area contributed by atoms with Crippen molar-refractivity contribution in [2.24, 2.45) is 7.05 Å². The molecule has 9 heteroatoms. The normalized spacial score (nSPS) is 10.9. The number of amides is 1. The van der Waals surface area contributed by atoms with E-state index in [1.54, 1.807) is 29.9 Å². The molecule has 27 heavy (non-hydrogen) atoms. The highest BCUT2D eigenvalue weighted by atomic mass is 32.1. The predicted molar refractivity (Wildman–Crippen MR) is 103 cm³/mol. The second-order valence-electron chi connectivity index (χ2n) is 5.74. The minimum Gasteiger partial charge on any atom is -0.494 e. The van der Waals surface area contributed by atoms with Crippen LogP contribution >= 0.6 is 11.3 Å². The Hall–Kier alpha value is -3.33. The van der Waals surface area contributed by atoms with Crippen molar-refractivity contribution in [1.29, 1.82) is 0 Å². The first-order valence-electron chi connectivity index (χ1n) is 8.31. The summed E-state index contributed by atoms with van der Waals surface area (Å²) < 4.78 is 8.02. The van der Waals surface area contributed by atoms with E-state index in [1.807, 2.05) is 31.2 Å². The van der Waals surface area contributed by atoms with Crippen molar-refractivity contribution < 1.29 is 9.53 Å². The zero-order valence-corrected chi connectivity index (χ0v) is 15.5. The maximum atomic E-state index is 12.6. The van der Waals surface area contributed by atoms with Crippen molar-refractivity contribution in [3.05, 3.63) is 48.0 Å².